The minimum absolute atomic E-state index is 0.0354. The van der Waals surface area contributed by atoms with Crippen LogP contribution in [0.4, 0.5) is 0 Å². The summed E-state index contributed by atoms with van der Waals surface area (Å²) >= 11 is 0. The normalized spacial score (nSPS) is 28.0. The number of carbonyl (C=O) groups is 1. The summed E-state index contributed by atoms with van der Waals surface area (Å²) in [7, 11) is 1.87. The average molecular weight is 323 g/mol. The molecular formula is C16H25N3O4. The molecule has 1 aromatic rings. The molecule has 128 valence electrons. The molecule has 0 radical (unpaired) electrons. The van der Waals surface area contributed by atoms with Gasteiger partial charge in [-0.15, -0.1) is 0 Å². The van der Waals surface area contributed by atoms with Gasteiger partial charge in [0.25, 0.3) is 0 Å². The number of carbonyl (C=O) groups excluding carboxylic acids is 1. The predicted molar refractivity (Wildman–Crippen MR) is 82.9 cm³/mol. The van der Waals surface area contributed by atoms with E-state index in [9.17, 15) is 4.79 Å². The molecule has 1 N–H and O–H groups in total. The maximum absolute atomic E-state index is 12.1. The van der Waals surface area contributed by atoms with Crippen LogP contribution in [0.15, 0.2) is 12.4 Å². The molecule has 0 bridgehead atoms. The number of rotatable bonds is 6. The Morgan fingerprint density at radius 1 is 1.39 bits per heavy atom. The molecule has 1 amide bonds. The summed E-state index contributed by atoms with van der Waals surface area (Å²) in [6, 6.07) is -0.0354. The highest BCUT2D eigenvalue weighted by atomic mass is 16.5. The zero-order valence-corrected chi connectivity index (χ0v) is 13.6. The van der Waals surface area contributed by atoms with Gasteiger partial charge in [-0.3, -0.25) is 9.48 Å². The van der Waals surface area contributed by atoms with Gasteiger partial charge in [0, 0.05) is 32.0 Å². The van der Waals surface area contributed by atoms with E-state index in [0.717, 1.165) is 37.9 Å². The lowest BCUT2D eigenvalue weighted by Gasteiger charge is -2.31. The van der Waals surface area contributed by atoms with Gasteiger partial charge in [0.15, 0.2) is 0 Å². The molecule has 1 aromatic heterocycles. The first-order valence-corrected chi connectivity index (χ1v) is 8.31. The molecule has 2 aliphatic heterocycles. The fourth-order valence-corrected chi connectivity index (χ4v) is 3.15. The van der Waals surface area contributed by atoms with E-state index < -0.39 is 0 Å². The van der Waals surface area contributed by atoms with Gasteiger partial charge >= 0.3 is 0 Å². The first kappa shape index (κ1) is 16.4. The number of ether oxygens (including phenoxy) is 3. The van der Waals surface area contributed by atoms with Crippen LogP contribution >= 0.6 is 0 Å². The van der Waals surface area contributed by atoms with Crippen molar-refractivity contribution in [1.29, 1.82) is 0 Å². The van der Waals surface area contributed by atoms with Gasteiger partial charge in [-0.25, -0.2) is 0 Å². The van der Waals surface area contributed by atoms with E-state index in [1.54, 1.807) is 10.9 Å². The standard InChI is InChI=1S/C16H25N3O4/c1-19-9-12(8-17-19)16-14(5-3-7-23-16)18-15(20)11-21-10-13-4-2-6-22-13/h8-9,13-14,16H,2-7,10-11H2,1H3,(H,18,20)/t13-,14+,16-/m1/s1. The lowest BCUT2D eigenvalue weighted by atomic mass is 9.98. The highest BCUT2D eigenvalue weighted by Crippen LogP contribution is 2.28. The van der Waals surface area contributed by atoms with Gasteiger partial charge in [-0.05, 0) is 25.7 Å². The number of hydrogen-bond donors (Lipinski definition) is 1. The van der Waals surface area contributed by atoms with E-state index in [-0.39, 0.29) is 30.8 Å². The van der Waals surface area contributed by atoms with Crippen LogP contribution in [-0.2, 0) is 26.1 Å². The van der Waals surface area contributed by atoms with Gasteiger partial charge in [-0.1, -0.05) is 0 Å². The quantitative estimate of drug-likeness (QED) is 0.844. The van der Waals surface area contributed by atoms with Crippen LogP contribution in [0.25, 0.3) is 0 Å². The van der Waals surface area contributed by atoms with E-state index in [1.807, 2.05) is 13.2 Å². The van der Waals surface area contributed by atoms with E-state index in [4.69, 9.17) is 14.2 Å². The molecule has 3 atom stereocenters. The smallest absolute Gasteiger partial charge is 0.246 e. The number of aryl methyl sites for hydroxylation is 1. The van der Waals surface area contributed by atoms with E-state index in [0.29, 0.717) is 13.2 Å². The molecule has 0 aliphatic carbocycles. The van der Waals surface area contributed by atoms with Crippen LogP contribution in [0.3, 0.4) is 0 Å². The third-order valence-electron chi connectivity index (χ3n) is 4.28. The van der Waals surface area contributed by atoms with Crippen molar-refractivity contribution in [3.8, 4) is 0 Å². The van der Waals surface area contributed by atoms with Crippen LogP contribution in [0, 0.1) is 0 Å². The van der Waals surface area contributed by atoms with Crippen LogP contribution in [0.5, 0.6) is 0 Å². The molecule has 0 unspecified atom stereocenters. The average Bonchev–Trinajstić information content (AvgIpc) is 3.19. The first-order valence-electron chi connectivity index (χ1n) is 8.31. The Hall–Kier alpha value is -1.44. The van der Waals surface area contributed by atoms with E-state index in [1.165, 1.54) is 0 Å². The number of hydrogen-bond acceptors (Lipinski definition) is 5. The van der Waals surface area contributed by atoms with Crippen molar-refractivity contribution in [2.75, 3.05) is 26.4 Å². The summed E-state index contributed by atoms with van der Waals surface area (Å²) in [5.41, 5.74) is 0.998. The minimum Gasteiger partial charge on any atom is -0.376 e. The molecular weight excluding hydrogens is 298 g/mol. The Labute approximate surface area is 136 Å². The van der Waals surface area contributed by atoms with Crippen molar-refractivity contribution >= 4 is 5.91 Å². The molecule has 0 aromatic carbocycles. The van der Waals surface area contributed by atoms with E-state index >= 15 is 0 Å². The summed E-state index contributed by atoms with van der Waals surface area (Å²) in [6.45, 7) is 2.06. The van der Waals surface area contributed by atoms with Crippen LogP contribution in [-0.4, -0.2) is 54.3 Å². The monoisotopic (exact) mass is 323 g/mol. The third kappa shape index (κ3) is 4.53. The van der Waals surface area contributed by atoms with Crippen molar-refractivity contribution in [3.63, 3.8) is 0 Å². The second-order valence-electron chi connectivity index (χ2n) is 6.21. The highest BCUT2D eigenvalue weighted by Gasteiger charge is 2.29. The molecule has 0 saturated carbocycles. The molecule has 0 spiro atoms. The Balaban J connectivity index is 1.47. The first-order chi connectivity index (χ1) is 11.2. The minimum atomic E-state index is -0.139. The summed E-state index contributed by atoms with van der Waals surface area (Å²) in [6.07, 6.45) is 7.67. The molecule has 7 heteroatoms. The molecule has 7 nitrogen and oxygen atoms in total. The fraction of sp³-hybridized carbons (Fsp3) is 0.750. The predicted octanol–water partition coefficient (Wildman–Crippen LogP) is 0.952. The Kier molecular flexibility index (Phi) is 5.64. The second kappa shape index (κ2) is 7.90. The Morgan fingerprint density at radius 2 is 2.22 bits per heavy atom. The lowest BCUT2D eigenvalue weighted by molar-refractivity contribution is -0.129. The van der Waals surface area contributed by atoms with Crippen LogP contribution in [0.2, 0.25) is 0 Å². The third-order valence-corrected chi connectivity index (χ3v) is 4.28. The van der Waals surface area contributed by atoms with Crippen molar-refractivity contribution in [2.45, 2.75) is 43.9 Å². The van der Waals surface area contributed by atoms with Crippen molar-refractivity contribution in [1.82, 2.24) is 15.1 Å². The lowest BCUT2D eigenvalue weighted by Crippen LogP contribution is -2.44. The van der Waals surface area contributed by atoms with Gasteiger partial charge in [0.2, 0.25) is 5.91 Å². The van der Waals surface area contributed by atoms with Crippen LogP contribution < -0.4 is 5.32 Å². The van der Waals surface area contributed by atoms with Gasteiger partial charge < -0.3 is 19.5 Å². The maximum Gasteiger partial charge on any atom is 0.246 e. The van der Waals surface area contributed by atoms with Crippen molar-refractivity contribution in [2.24, 2.45) is 7.05 Å². The van der Waals surface area contributed by atoms with Crippen molar-refractivity contribution < 1.29 is 19.0 Å². The summed E-state index contributed by atoms with van der Waals surface area (Å²) in [5.74, 6) is -0.104. The Morgan fingerprint density at radius 3 is 2.96 bits per heavy atom. The molecule has 23 heavy (non-hydrogen) atoms. The molecule has 3 heterocycles. The largest absolute Gasteiger partial charge is 0.376 e. The number of aromatic nitrogens is 2. The second-order valence-corrected chi connectivity index (χ2v) is 6.21. The highest BCUT2D eigenvalue weighted by molar-refractivity contribution is 5.77. The summed E-state index contributed by atoms with van der Waals surface area (Å²) < 4.78 is 18.5. The zero-order valence-electron chi connectivity index (χ0n) is 13.6. The molecule has 2 aliphatic rings. The molecule has 2 fully saturated rings. The summed E-state index contributed by atoms with van der Waals surface area (Å²) in [5, 5.41) is 7.22. The number of nitrogens with one attached hydrogen (secondary N) is 1. The maximum atomic E-state index is 12.1. The number of amides is 1. The Bertz CT molecular complexity index is 513. The SMILES string of the molecule is Cn1cc([C@H]2OCCC[C@@H]2NC(=O)COC[C@H]2CCCO2)cn1. The van der Waals surface area contributed by atoms with Gasteiger partial charge in [-0.2, -0.15) is 5.10 Å². The molecule has 3 rings (SSSR count). The van der Waals surface area contributed by atoms with Crippen molar-refractivity contribution in [3.05, 3.63) is 18.0 Å². The number of nitrogens with zero attached hydrogens (tertiary/aromatic N) is 2. The zero-order chi connectivity index (χ0) is 16.1. The molecule has 2 saturated heterocycles. The van der Waals surface area contributed by atoms with Crippen LogP contribution in [0.1, 0.15) is 37.4 Å². The summed E-state index contributed by atoms with van der Waals surface area (Å²) in [4.78, 5) is 12.1. The fourth-order valence-electron chi connectivity index (χ4n) is 3.15. The van der Waals surface area contributed by atoms with E-state index in [2.05, 4.69) is 10.4 Å². The van der Waals surface area contributed by atoms with Gasteiger partial charge in [0.1, 0.15) is 12.7 Å². The topological polar surface area (TPSA) is 74.6 Å². The van der Waals surface area contributed by atoms with Gasteiger partial charge in [0.05, 0.1) is 24.9 Å².